The van der Waals surface area contributed by atoms with Gasteiger partial charge in [0.25, 0.3) is 0 Å². The van der Waals surface area contributed by atoms with E-state index in [1.165, 1.54) is 0 Å². The smallest absolute Gasteiger partial charge is 0.224 e. The molecule has 1 aromatic carbocycles. The predicted molar refractivity (Wildman–Crippen MR) is 81.5 cm³/mol. The van der Waals surface area contributed by atoms with E-state index >= 15 is 0 Å². The highest BCUT2D eigenvalue weighted by molar-refractivity contribution is 5.90. The molecule has 0 aliphatic heterocycles. The van der Waals surface area contributed by atoms with Crippen LogP contribution < -0.4 is 10.6 Å². The number of hydrogen-bond acceptors (Lipinski definition) is 3. The summed E-state index contributed by atoms with van der Waals surface area (Å²) in [4.78, 5) is 11.6. The van der Waals surface area contributed by atoms with Crippen molar-refractivity contribution in [3.05, 3.63) is 23.8 Å². The Hall–Kier alpha value is -1.99. The van der Waals surface area contributed by atoms with E-state index in [1.807, 2.05) is 20.8 Å². The van der Waals surface area contributed by atoms with E-state index in [9.17, 15) is 9.90 Å². The molecule has 0 saturated heterocycles. The summed E-state index contributed by atoms with van der Waals surface area (Å²) in [5.74, 6) is 2.74. The van der Waals surface area contributed by atoms with Crippen molar-refractivity contribution < 1.29 is 9.90 Å². The van der Waals surface area contributed by atoms with Gasteiger partial charge in [-0.2, -0.15) is 0 Å². The average Bonchev–Trinajstić information content (AvgIpc) is 2.40. The molecule has 0 bridgehead atoms. The van der Waals surface area contributed by atoms with Crippen LogP contribution in [0.15, 0.2) is 18.2 Å². The third kappa shape index (κ3) is 4.60. The summed E-state index contributed by atoms with van der Waals surface area (Å²) < 4.78 is 0. The van der Waals surface area contributed by atoms with Gasteiger partial charge in [-0.3, -0.25) is 10.1 Å². The highest BCUT2D eigenvalue weighted by atomic mass is 16.3. The molecule has 2 atom stereocenters. The molecule has 0 radical (unpaired) electrons. The second kappa shape index (κ2) is 7.56. The standard InChI is InChI=1S/C16H22N2O2/c1-5-7-16(20)18-13-8-9-15(19)14(10-13)12(4)17-11(3)6-2/h2,8-12,17,19H,5,7H2,1,3-4H3,(H,18,20). The Kier molecular flexibility index (Phi) is 6.08. The molecule has 0 aromatic heterocycles. The molecule has 2 unspecified atom stereocenters. The van der Waals surface area contributed by atoms with Gasteiger partial charge in [0, 0.05) is 23.7 Å². The Labute approximate surface area is 120 Å². The molecule has 0 saturated carbocycles. The van der Waals surface area contributed by atoms with Gasteiger partial charge in [0.15, 0.2) is 0 Å². The zero-order chi connectivity index (χ0) is 15.1. The zero-order valence-electron chi connectivity index (χ0n) is 12.2. The minimum absolute atomic E-state index is 0.0262. The quantitative estimate of drug-likeness (QED) is 0.552. The Bertz CT molecular complexity index is 506. The van der Waals surface area contributed by atoms with E-state index in [1.54, 1.807) is 18.2 Å². The third-order valence-corrected chi connectivity index (χ3v) is 3.00. The van der Waals surface area contributed by atoms with Gasteiger partial charge in [0.1, 0.15) is 5.75 Å². The van der Waals surface area contributed by atoms with Crippen molar-refractivity contribution in [2.45, 2.75) is 45.7 Å². The van der Waals surface area contributed by atoms with Crippen molar-refractivity contribution in [3.8, 4) is 18.1 Å². The molecule has 4 heteroatoms. The fourth-order valence-corrected chi connectivity index (χ4v) is 1.94. The highest BCUT2D eigenvalue weighted by Gasteiger charge is 2.13. The molecular weight excluding hydrogens is 252 g/mol. The van der Waals surface area contributed by atoms with Crippen LogP contribution in [0.4, 0.5) is 5.69 Å². The summed E-state index contributed by atoms with van der Waals surface area (Å²) in [5.41, 5.74) is 1.39. The maximum Gasteiger partial charge on any atom is 0.224 e. The highest BCUT2D eigenvalue weighted by Crippen LogP contribution is 2.27. The largest absolute Gasteiger partial charge is 0.508 e. The van der Waals surface area contributed by atoms with Crippen LogP contribution in [-0.4, -0.2) is 17.1 Å². The van der Waals surface area contributed by atoms with Crippen molar-refractivity contribution >= 4 is 11.6 Å². The number of benzene rings is 1. The first-order valence-corrected chi connectivity index (χ1v) is 6.82. The number of aromatic hydroxyl groups is 1. The molecule has 0 heterocycles. The Balaban J connectivity index is 2.86. The summed E-state index contributed by atoms with van der Waals surface area (Å²) in [7, 11) is 0. The minimum Gasteiger partial charge on any atom is -0.508 e. The molecule has 1 amide bonds. The van der Waals surface area contributed by atoms with E-state index in [4.69, 9.17) is 6.42 Å². The van der Waals surface area contributed by atoms with E-state index in [-0.39, 0.29) is 23.7 Å². The number of terminal acetylenes is 1. The lowest BCUT2D eigenvalue weighted by Gasteiger charge is -2.18. The molecule has 1 aromatic rings. The third-order valence-electron chi connectivity index (χ3n) is 3.00. The van der Waals surface area contributed by atoms with Crippen molar-refractivity contribution in [3.63, 3.8) is 0 Å². The number of phenolic OH excluding ortho intramolecular Hbond substituents is 1. The van der Waals surface area contributed by atoms with Gasteiger partial charge in [0.2, 0.25) is 5.91 Å². The first kappa shape index (κ1) is 16.1. The summed E-state index contributed by atoms with van der Waals surface area (Å²) >= 11 is 0. The lowest BCUT2D eigenvalue weighted by molar-refractivity contribution is -0.116. The van der Waals surface area contributed by atoms with E-state index in [0.717, 1.165) is 6.42 Å². The Morgan fingerprint density at radius 1 is 1.45 bits per heavy atom. The maximum atomic E-state index is 11.6. The second-order valence-electron chi connectivity index (χ2n) is 4.85. The van der Waals surface area contributed by atoms with E-state index in [2.05, 4.69) is 16.6 Å². The van der Waals surface area contributed by atoms with Crippen LogP contribution in [0.5, 0.6) is 5.75 Å². The second-order valence-corrected chi connectivity index (χ2v) is 4.85. The van der Waals surface area contributed by atoms with Crippen LogP contribution in [0.25, 0.3) is 0 Å². The molecule has 108 valence electrons. The molecule has 0 spiro atoms. The van der Waals surface area contributed by atoms with Crippen LogP contribution in [0.3, 0.4) is 0 Å². The Morgan fingerprint density at radius 3 is 2.75 bits per heavy atom. The summed E-state index contributed by atoms with van der Waals surface area (Å²) in [6.45, 7) is 5.75. The van der Waals surface area contributed by atoms with Gasteiger partial charge in [-0.15, -0.1) is 6.42 Å². The number of nitrogens with one attached hydrogen (secondary N) is 2. The van der Waals surface area contributed by atoms with Gasteiger partial charge in [-0.25, -0.2) is 0 Å². The molecule has 20 heavy (non-hydrogen) atoms. The zero-order valence-corrected chi connectivity index (χ0v) is 12.2. The average molecular weight is 274 g/mol. The number of amides is 1. The van der Waals surface area contributed by atoms with Crippen molar-refractivity contribution in [2.75, 3.05) is 5.32 Å². The molecule has 0 fully saturated rings. The van der Waals surface area contributed by atoms with Gasteiger partial charge < -0.3 is 10.4 Å². The molecular formula is C16H22N2O2. The van der Waals surface area contributed by atoms with Crippen LogP contribution in [0.2, 0.25) is 0 Å². The number of carbonyl (C=O) groups excluding carboxylic acids is 1. The number of rotatable bonds is 6. The van der Waals surface area contributed by atoms with Crippen LogP contribution in [0.1, 0.15) is 45.2 Å². The lowest BCUT2D eigenvalue weighted by atomic mass is 10.1. The summed E-state index contributed by atoms with van der Waals surface area (Å²) in [6, 6.07) is 4.83. The monoisotopic (exact) mass is 274 g/mol. The first-order valence-electron chi connectivity index (χ1n) is 6.82. The molecule has 0 aliphatic rings. The molecule has 4 nitrogen and oxygen atoms in total. The number of phenols is 1. The van der Waals surface area contributed by atoms with Crippen LogP contribution >= 0.6 is 0 Å². The Morgan fingerprint density at radius 2 is 2.15 bits per heavy atom. The number of hydrogen-bond donors (Lipinski definition) is 3. The number of anilines is 1. The van der Waals surface area contributed by atoms with Crippen LogP contribution in [0, 0.1) is 12.3 Å². The maximum absolute atomic E-state index is 11.6. The summed E-state index contributed by atoms with van der Waals surface area (Å²) in [5, 5.41) is 15.9. The van der Waals surface area contributed by atoms with Gasteiger partial charge >= 0.3 is 0 Å². The van der Waals surface area contributed by atoms with E-state index < -0.39 is 0 Å². The fraction of sp³-hybridized carbons (Fsp3) is 0.438. The van der Waals surface area contributed by atoms with Gasteiger partial charge in [-0.1, -0.05) is 12.8 Å². The lowest BCUT2D eigenvalue weighted by Crippen LogP contribution is -2.27. The van der Waals surface area contributed by atoms with Crippen LogP contribution in [-0.2, 0) is 4.79 Å². The SMILES string of the molecule is C#CC(C)NC(C)c1cc(NC(=O)CCC)ccc1O. The van der Waals surface area contributed by atoms with Crippen molar-refractivity contribution in [1.82, 2.24) is 5.32 Å². The summed E-state index contributed by atoms with van der Waals surface area (Å²) in [6.07, 6.45) is 6.62. The van der Waals surface area contributed by atoms with Crippen molar-refractivity contribution in [2.24, 2.45) is 0 Å². The minimum atomic E-state index is -0.107. The fourth-order valence-electron chi connectivity index (χ4n) is 1.94. The molecule has 0 aliphatic carbocycles. The molecule has 1 rings (SSSR count). The van der Waals surface area contributed by atoms with Gasteiger partial charge in [-0.05, 0) is 38.5 Å². The first-order chi connectivity index (χ1) is 9.47. The van der Waals surface area contributed by atoms with Crippen molar-refractivity contribution in [1.29, 1.82) is 0 Å². The topological polar surface area (TPSA) is 61.4 Å². The van der Waals surface area contributed by atoms with E-state index in [0.29, 0.717) is 17.7 Å². The molecule has 3 N–H and O–H groups in total. The normalized spacial score (nSPS) is 13.3. The van der Waals surface area contributed by atoms with Gasteiger partial charge in [0.05, 0.1) is 6.04 Å². The predicted octanol–water partition coefficient (Wildman–Crippen LogP) is 2.80. The number of carbonyl (C=O) groups is 1.